The first-order chi connectivity index (χ1) is 13.1. The van der Waals surface area contributed by atoms with Crippen molar-refractivity contribution in [3.05, 3.63) is 89.5 Å². The number of halogens is 1. The van der Waals surface area contributed by atoms with Crippen LogP contribution in [0.4, 0.5) is 0 Å². The molecule has 1 aliphatic heterocycles. The molecule has 150 valence electrons. The first kappa shape index (κ1) is 21.8. The van der Waals surface area contributed by atoms with Gasteiger partial charge in [-0.25, -0.2) is 4.99 Å². The van der Waals surface area contributed by atoms with Crippen LogP contribution in [0, 0.1) is 0 Å². The SMILES string of the molecule is CC(Cc1ccccc1)[NH+]1C=C(NC(=NCc2ccccc2)N(C)C)O[N-]1.Cl. The predicted molar refractivity (Wildman–Crippen MR) is 115 cm³/mol. The maximum Gasteiger partial charge on any atom is 0.236 e. The molecule has 2 unspecified atom stereocenters. The lowest BCUT2D eigenvalue weighted by Crippen LogP contribution is -3.06. The van der Waals surface area contributed by atoms with Gasteiger partial charge in [0.2, 0.25) is 11.8 Å². The number of nitrogens with zero attached hydrogens (tertiary/aromatic N) is 3. The summed E-state index contributed by atoms with van der Waals surface area (Å²) in [5.41, 5.74) is 6.68. The Hall–Kier alpha value is -2.54. The van der Waals surface area contributed by atoms with Crippen LogP contribution >= 0.6 is 12.4 Å². The lowest BCUT2D eigenvalue weighted by atomic mass is 10.1. The monoisotopic (exact) mass is 401 g/mol. The maximum absolute atomic E-state index is 5.49. The highest BCUT2D eigenvalue weighted by molar-refractivity contribution is 5.85. The number of benzene rings is 2. The quantitative estimate of drug-likeness (QED) is 0.578. The number of aliphatic imine (C=N–C) groups is 1. The Kier molecular flexibility index (Phi) is 8.32. The van der Waals surface area contributed by atoms with Gasteiger partial charge in [0.05, 0.1) is 12.6 Å². The van der Waals surface area contributed by atoms with Crippen molar-refractivity contribution in [3.63, 3.8) is 0 Å². The van der Waals surface area contributed by atoms with Gasteiger partial charge >= 0.3 is 0 Å². The smallest absolute Gasteiger partial charge is 0.236 e. The summed E-state index contributed by atoms with van der Waals surface area (Å²) < 4.78 is 0. The highest BCUT2D eigenvalue weighted by Crippen LogP contribution is 2.07. The lowest BCUT2D eigenvalue weighted by Gasteiger charge is -2.26. The average Bonchev–Trinajstić information content (AvgIpc) is 3.15. The average molecular weight is 402 g/mol. The number of quaternary nitrogens is 1. The third-order valence-corrected chi connectivity index (χ3v) is 4.33. The van der Waals surface area contributed by atoms with E-state index in [1.807, 2.05) is 49.5 Å². The molecule has 0 amide bonds. The summed E-state index contributed by atoms with van der Waals surface area (Å²) in [7, 11) is 3.90. The Balaban J connectivity index is 0.00000280. The van der Waals surface area contributed by atoms with Crippen LogP contribution in [-0.2, 0) is 17.8 Å². The van der Waals surface area contributed by atoms with E-state index in [0.717, 1.165) is 23.0 Å². The molecule has 3 rings (SSSR count). The number of hydrogen-bond donors (Lipinski definition) is 2. The van der Waals surface area contributed by atoms with Gasteiger partial charge in [-0.15, -0.1) is 12.4 Å². The molecule has 0 saturated carbocycles. The second-order valence-corrected chi connectivity index (χ2v) is 6.85. The fourth-order valence-corrected chi connectivity index (χ4v) is 2.80. The molecule has 0 aromatic heterocycles. The summed E-state index contributed by atoms with van der Waals surface area (Å²) >= 11 is 0. The molecule has 2 N–H and O–H groups in total. The molecule has 2 aromatic rings. The fraction of sp³-hybridized carbons (Fsp3) is 0.286. The van der Waals surface area contributed by atoms with Gasteiger partial charge in [-0.3, -0.25) is 10.9 Å². The van der Waals surface area contributed by atoms with Gasteiger partial charge < -0.3 is 14.7 Å². The summed E-state index contributed by atoms with van der Waals surface area (Å²) in [6.45, 7) is 2.76. The van der Waals surface area contributed by atoms with E-state index in [0.29, 0.717) is 12.4 Å². The van der Waals surface area contributed by atoms with Crippen molar-refractivity contribution in [2.45, 2.75) is 25.9 Å². The minimum absolute atomic E-state index is 0. The van der Waals surface area contributed by atoms with Crippen molar-refractivity contribution in [2.75, 3.05) is 14.1 Å². The highest BCUT2D eigenvalue weighted by Gasteiger charge is 2.18. The van der Waals surface area contributed by atoms with E-state index in [1.165, 1.54) is 5.56 Å². The van der Waals surface area contributed by atoms with Crippen LogP contribution < -0.4 is 10.3 Å². The van der Waals surface area contributed by atoms with Crippen LogP contribution in [0.1, 0.15) is 18.1 Å². The van der Waals surface area contributed by atoms with Crippen LogP contribution in [0.5, 0.6) is 0 Å². The van der Waals surface area contributed by atoms with Gasteiger partial charge in [-0.2, -0.15) is 0 Å². The van der Waals surface area contributed by atoms with Crippen molar-refractivity contribution in [2.24, 2.45) is 4.99 Å². The Morgan fingerprint density at radius 3 is 2.29 bits per heavy atom. The largest absolute Gasteiger partial charge is 0.522 e. The van der Waals surface area contributed by atoms with E-state index in [1.54, 1.807) is 0 Å². The highest BCUT2D eigenvalue weighted by atomic mass is 35.5. The normalized spacial score (nSPS) is 17.2. The molecule has 2 atom stereocenters. The van der Waals surface area contributed by atoms with E-state index in [2.05, 4.69) is 59.2 Å². The third kappa shape index (κ3) is 6.27. The van der Waals surface area contributed by atoms with Gasteiger partial charge in [-0.05, 0) is 18.1 Å². The van der Waals surface area contributed by atoms with Crippen molar-refractivity contribution < 1.29 is 9.85 Å². The number of guanidine groups is 1. The minimum Gasteiger partial charge on any atom is -0.522 e. The van der Waals surface area contributed by atoms with Crippen molar-refractivity contribution >= 4 is 18.4 Å². The summed E-state index contributed by atoms with van der Waals surface area (Å²) in [6, 6.07) is 20.9. The predicted octanol–water partition coefficient (Wildman–Crippen LogP) is 2.66. The standard InChI is InChI=1S/C21H27N5O.ClH/c1-17(14-18-10-6-4-7-11-18)26-16-20(27-24-26)23-21(25(2)3)22-15-19-12-8-5-9-13-19;/h4-13,16-17,26H,14-15H2,1-3H3,(H,22,23);1H. The molecular formula is C21H28ClN5O. The molecule has 1 heterocycles. The zero-order valence-electron chi connectivity index (χ0n) is 16.5. The molecule has 7 heteroatoms. The molecule has 0 bridgehead atoms. The van der Waals surface area contributed by atoms with E-state index < -0.39 is 0 Å². The molecule has 1 aliphatic rings. The summed E-state index contributed by atoms with van der Waals surface area (Å²) in [5.74, 6) is 1.34. The molecule has 0 saturated heterocycles. The van der Waals surface area contributed by atoms with Gasteiger partial charge in [0.15, 0.2) is 0 Å². The fourth-order valence-electron chi connectivity index (χ4n) is 2.80. The Bertz CT molecular complexity index is 780. The summed E-state index contributed by atoms with van der Waals surface area (Å²) in [6.07, 6.45) is 2.88. The van der Waals surface area contributed by atoms with Gasteiger partial charge in [-0.1, -0.05) is 60.7 Å². The van der Waals surface area contributed by atoms with Crippen molar-refractivity contribution in [1.82, 2.24) is 10.2 Å². The van der Waals surface area contributed by atoms with E-state index in [4.69, 9.17) is 4.84 Å². The second-order valence-electron chi connectivity index (χ2n) is 6.85. The Morgan fingerprint density at radius 2 is 1.68 bits per heavy atom. The van der Waals surface area contributed by atoms with Crippen LogP contribution in [0.15, 0.2) is 77.7 Å². The molecule has 0 spiro atoms. The molecule has 0 radical (unpaired) electrons. The third-order valence-electron chi connectivity index (χ3n) is 4.33. The van der Waals surface area contributed by atoms with E-state index in [-0.39, 0.29) is 18.4 Å². The van der Waals surface area contributed by atoms with E-state index >= 15 is 0 Å². The minimum atomic E-state index is 0. The number of hydrogen-bond acceptors (Lipinski definition) is 2. The zero-order chi connectivity index (χ0) is 19.1. The Labute approximate surface area is 173 Å². The lowest BCUT2D eigenvalue weighted by molar-refractivity contribution is -0.840. The van der Waals surface area contributed by atoms with Gasteiger partial charge in [0.1, 0.15) is 6.20 Å². The first-order valence-electron chi connectivity index (χ1n) is 9.15. The van der Waals surface area contributed by atoms with E-state index in [9.17, 15) is 0 Å². The summed E-state index contributed by atoms with van der Waals surface area (Å²) in [5, 5.41) is 4.17. The second kappa shape index (κ2) is 10.7. The molecule has 2 aromatic carbocycles. The van der Waals surface area contributed by atoms with Gasteiger partial charge in [0, 0.05) is 20.5 Å². The molecule has 6 nitrogen and oxygen atoms in total. The van der Waals surface area contributed by atoms with Crippen LogP contribution in [0.2, 0.25) is 0 Å². The van der Waals surface area contributed by atoms with Crippen molar-refractivity contribution in [1.29, 1.82) is 0 Å². The van der Waals surface area contributed by atoms with Gasteiger partial charge in [0.25, 0.3) is 0 Å². The topological polar surface area (TPSA) is 55.4 Å². The Morgan fingerprint density at radius 1 is 1.07 bits per heavy atom. The van der Waals surface area contributed by atoms with Crippen LogP contribution in [-0.4, -0.2) is 31.0 Å². The molecular weight excluding hydrogens is 374 g/mol. The maximum atomic E-state index is 5.49. The first-order valence-corrected chi connectivity index (χ1v) is 9.15. The zero-order valence-corrected chi connectivity index (χ0v) is 17.3. The molecule has 0 aliphatic carbocycles. The van der Waals surface area contributed by atoms with Crippen molar-refractivity contribution in [3.8, 4) is 0 Å². The number of nitrogens with one attached hydrogen (secondary N) is 2. The van der Waals surface area contributed by atoms with Crippen LogP contribution in [0.25, 0.3) is 5.59 Å². The number of rotatable bonds is 6. The van der Waals surface area contributed by atoms with Crippen LogP contribution in [0.3, 0.4) is 0 Å². The molecule has 0 fully saturated rings. The summed E-state index contributed by atoms with van der Waals surface area (Å²) in [4.78, 5) is 12.1. The molecule has 28 heavy (non-hydrogen) atoms.